The predicted molar refractivity (Wildman–Crippen MR) is 75.4 cm³/mol. The molecule has 0 aliphatic carbocycles. The third-order valence-corrected chi connectivity index (χ3v) is 3.95. The van der Waals surface area contributed by atoms with Crippen molar-refractivity contribution in [2.45, 2.75) is 25.2 Å². The first-order valence-electron chi connectivity index (χ1n) is 6.03. The molecule has 0 radical (unpaired) electrons. The molecule has 0 bridgehead atoms. The molecule has 2 rings (SSSR count). The molecule has 0 spiro atoms. The third kappa shape index (κ3) is 2.70. The van der Waals surface area contributed by atoms with Gasteiger partial charge >= 0.3 is 0 Å². The van der Waals surface area contributed by atoms with Gasteiger partial charge in [-0.1, -0.05) is 23.2 Å². The molecule has 1 aliphatic heterocycles. The molecule has 1 aliphatic rings. The van der Waals surface area contributed by atoms with Crippen molar-refractivity contribution < 1.29 is 0 Å². The van der Waals surface area contributed by atoms with E-state index in [-0.39, 0.29) is 0 Å². The fourth-order valence-electron chi connectivity index (χ4n) is 2.64. The van der Waals surface area contributed by atoms with Crippen LogP contribution in [0.5, 0.6) is 0 Å². The molecule has 1 heterocycles. The molecule has 2 nitrogen and oxygen atoms in total. The Morgan fingerprint density at radius 2 is 2.18 bits per heavy atom. The Bertz CT molecular complexity index is 407. The number of rotatable bonds is 2. The monoisotopic (exact) mass is 272 g/mol. The molecule has 1 aromatic rings. The van der Waals surface area contributed by atoms with E-state index in [1.54, 1.807) is 0 Å². The Balaban J connectivity index is 2.50. The minimum absolute atomic E-state index is 0.483. The summed E-state index contributed by atoms with van der Waals surface area (Å²) in [6.07, 6.45) is 3.33. The van der Waals surface area contributed by atoms with Crippen molar-refractivity contribution >= 4 is 28.9 Å². The number of nitrogens with two attached hydrogens (primary N) is 1. The van der Waals surface area contributed by atoms with Crippen molar-refractivity contribution in [3.63, 3.8) is 0 Å². The maximum Gasteiger partial charge on any atom is 0.0657 e. The van der Waals surface area contributed by atoms with E-state index in [4.69, 9.17) is 28.9 Å². The first-order chi connectivity index (χ1) is 8.13. The number of hydrogen-bond donors (Lipinski definition) is 1. The molecule has 1 aromatic carbocycles. The van der Waals surface area contributed by atoms with Crippen molar-refractivity contribution in [3.8, 4) is 0 Å². The highest BCUT2D eigenvalue weighted by Gasteiger charge is 2.23. The number of benzene rings is 1. The van der Waals surface area contributed by atoms with Crippen LogP contribution in [0.15, 0.2) is 12.1 Å². The van der Waals surface area contributed by atoms with E-state index < -0.39 is 0 Å². The number of fused-ring (bicyclic) bond motifs is 1. The zero-order chi connectivity index (χ0) is 12.4. The minimum Gasteiger partial charge on any atom is -0.373 e. The van der Waals surface area contributed by atoms with Gasteiger partial charge in [-0.3, -0.25) is 0 Å². The lowest BCUT2D eigenvalue weighted by molar-refractivity contribution is 0.576. The van der Waals surface area contributed by atoms with Crippen LogP contribution in [-0.2, 0) is 0 Å². The lowest BCUT2D eigenvalue weighted by Crippen LogP contribution is -2.18. The van der Waals surface area contributed by atoms with Crippen molar-refractivity contribution in [3.05, 3.63) is 27.7 Å². The topological polar surface area (TPSA) is 29.3 Å². The largest absolute Gasteiger partial charge is 0.373 e. The zero-order valence-corrected chi connectivity index (χ0v) is 11.6. The van der Waals surface area contributed by atoms with Gasteiger partial charge in [-0.05, 0) is 49.4 Å². The van der Waals surface area contributed by atoms with Gasteiger partial charge in [0.2, 0.25) is 0 Å². The number of hydrogen-bond acceptors (Lipinski definition) is 2. The summed E-state index contributed by atoms with van der Waals surface area (Å²) >= 11 is 12.4. The first-order valence-corrected chi connectivity index (χ1v) is 6.79. The van der Waals surface area contributed by atoms with Crippen LogP contribution in [0.4, 0.5) is 5.69 Å². The predicted octanol–water partition coefficient (Wildman–Crippen LogP) is 3.66. The quantitative estimate of drug-likeness (QED) is 0.891. The molecule has 94 valence electrons. The van der Waals surface area contributed by atoms with Crippen LogP contribution >= 0.6 is 23.2 Å². The van der Waals surface area contributed by atoms with Gasteiger partial charge in [-0.15, -0.1) is 0 Å². The van der Waals surface area contributed by atoms with E-state index in [1.165, 1.54) is 12.0 Å². The smallest absolute Gasteiger partial charge is 0.0657 e. The second kappa shape index (κ2) is 5.47. The van der Waals surface area contributed by atoms with Crippen molar-refractivity contribution in [2.75, 3.05) is 25.0 Å². The molecule has 0 aromatic heterocycles. The highest BCUT2D eigenvalue weighted by Crippen LogP contribution is 2.41. The summed E-state index contributed by atoms with van der Waals surface area (Å²) in [4.78, 5) is 2.23. The molecular weight excluding hydrogens is 255 g/mol. The van der Waals surface area contributed by atoms with Crippen molar-refractivity contribution in [1.29, 1.82) is 0 Å². The van der Waals surface area contributed by atoms with E-state index in [0.717, 1.165) is 30.1 Å². The molecule has 0 fully saturated rings. The van der Waals surface area contributed by atoms with Gasteiger partial charge in [0, 0.05) is 18.6 Å². The van der Waals surface area contributed by atoms with E-state index in [9.17, 15) is 0 Å². The molecule has 0 amide bonds. The maximum atomic E-state index is 6.32. The summed E-state index contributed by atoms with van der Waals surface area (Å²) in [6.45, 7) is 1.74. The van der Waals surface area contributed by atoms with Crippen LogP contribution in [0.3, 0.4) is 0 Å². The minimum atomic E-state index is 0.483. The second-order valence-electron chi connectivity index (χ2n) is 4.66. The van der Waals surface area contributed by atoms with Crippen LogP contribution in [0.2, 0.25) is 10.0 Å². The summed E-state index contributed by atoms with van der Waals surface area (Å²) in [7, 11) is 2.09. The number of nitrogens with zero attached hydrogens (tertiary/aromatic N) is 1. The Kier molecular flexibility index (Phi) is 4.18. The number of anilines is 1. The van der Waals surface area contributed by atoms with Crippen LogP contribution in [0.25, 0.3) is 0 Å². The van der Waals surface area contributed by atoms with Gasteiger partial charge in [0.1, 0.15) is 0 Å². The summed E-state index contributed by atoms with van der Waals surface area (Å²) in [6, 6.07) is 3.87. The van der Waals surface area contributed by atoms with Crippen LogP contribution in [-0.4, -0.2) is 20.1 Å². The van der Waals surface area contributed by atoms with Gasteiger partial charge in [0.05, 0.1) is 10.7 Å². The molecule has 0 saturated carbocycles. The Morgan fingerprint density at radius 3 is 2.88 bits per heavy atom. The van der Waals surface area contributed by atoms with Gasteiger partial charge < -0.3 is 10.6 Å². The summed E-state index contributed by atoms with van der Waals surface area (Å²) in [5.74, 6) is 0.483. The van der Waals surface area contributed by atoms with Crippen LogP contribution in [0, 0.1) is 0 Å². The van der Waals surface area contributed by atoms with E-state index in [1.807, 2.05) is 12.1 Å². The van der Waals surface area contributed by atoms with E-state index in [2.05, 4.69) is 11.9 Å². The Morgan fingerprint density at radius 1 is 1.41 bits per heavy atom. The zero-order valence-electron chi connectivity index (χ0n) is 10.0. The first kappa shape index (κ1) is 13.0. The van der Waals surface area contributed by atoms with Gasteiger partial charge in [0.25, 0.3) is 0 Å². The molecule has 17 heavy (non-hydrogen) atoms. The van der Waals surface area contributed by atoms with Gasteiger partial charge in [0.15, 0.2) is 0 Å². The molecule has 2 N–H and O–H groups in total. The Labute approximate surface area is 113 Å². The highest BCUT2D eigenvalue weighted by molar-refractivity contribution is 6.36. The molecule has 0 saturated heterocycles. The lowest BCUT2D eigenvalue weighted by atomic mass is 9.91. The van der Waals surface area contributed by atoms with Crippen LogP contribution < -0.4 is 10.6 Å². The summed E-state index contributed by atoms with van der Waals surface area (Å²) in [5, 5.41) is 1.46. The molecule has 1 atom stereocenters. The maximum absolute atomic E-state index is 6.32. The fraction of sp³-hybridized carbons (Fsp3) is 0.538. The third-order valence-electron chi connectivity index (χ3n) is 3.44. The summed E-state index contributed by atoms with van der Waals surface area (Å²) in [5.41, 5.74) is 8.09. The normalized spacial score (nSPS) is 20.0. The van der Waals surface area contributed by atoms with Crippen molar-refractivity contribution in [1.82, 2.24) is 0 Å². The van der Waals surface area contributed by atoms with E-state index in [0.29, 0.717) is 17.5 Å². The van der Waals surface area contributed by atoms with Gasteiger partial charge in [-0.2, -0.15) is 0 Å². The number of halogens is 2. The Hall–Kier alpha value is -0.440. The standard InChI is InChI=1S/C13H18Cl2N2/c1-17-6-2-3-9(4-5-16)11-7-10(14)8-12(15)13(11)17/h7-9H,2-6,16H2,1H3. The average molecular weight is 273 g/mol. The van der Waals surface area contributed by atoms with E-state index >= 15 is 0 Å². The second-order valence-corrected chi connectivity index (χ2v) is 5.51. The molecule has 4 heteroatoms. The average Bonchev–Trinajstić information content (AvgIpc) is 2.40. The molecular formula is C13H18Cl2N2. The van der Waals surface area contributed by atoms with Crippen molar-refractivity contribution in [2.24, 2.45) is 5.73 Å². The van der Waals surface area contributed by atoms with Crippen LogP contribution in [0.1, 0.15) is 30.7 Å². The lowest BCUT2D eigenvalue weighted by Gasteiger charge is -2.23. The summed E-state index contributed by atoms with van der Waals surface area (Å²) < 4.78 is 0. The molecule has 1 unspecified atom stereocenters. The fourth-order valence-corrected chi connectivity index (χ4v) is 3.30. The van der Waals surface area contributed by atoms with Gasteiger partial charge in [-0.25, -0.2) is 0 Å². The highest BCUT2D eigenvalue weighted by atomic mass is 35.5. The SMILES string of the molecule is CN1CCCC(CCN)c2cc(Cl)cc(Cl)c21.